The van der Waals surface area contributed by atoms with Gasteiger partial charge in [-0.3, -0.25) is 28.8 Å². The molecule has 10 heteroatoms. The molecule has 5 aliphatic rings. The van der Waals surface area contributed by atoms with Crippen molar-refractivity contribution >= 4 is 46.9 Å². The molecule has 8 rings (SSSR count). The van der Waals surface area contributed by atoms with Gasteiger partial charge in [0.15, 0.2) is 34.7 Å². The molecule has 10 nitrogen and oxygen atoms in total. The van der Waals surface area contributed by atoms with Gasteiger partial charge in [0, 0.05) is 55.7 Å². The second-order valence-electron chi connectivity index (χ2n) is 15.1. The van der Waals surface area contributed by atoms with Crippen LogP contribution in [0.15, 0.2) is 106 Å². The molecule has 0 amide bonds. The van der Waals surface area contributed by atoms with E-state index in [1.165, 1.54) is 48.5 Å². The Bertz CT molecular complexity index is 2610. The van der Waals surface area contributed by atoms with E-state index >= 15 is 0 Å². The van der Waals surface area contributed by atoms with E-state index < -0.39 is 79.7 Å². The largest absolute Gasteiger partial charge is 0.504 e. The van der Waals surface area contributed by atoms with Crippen LogP contribution in [0.4, 0.5) is 0 Å². The van der Waals surface area contributed by atoms with Gasteiger partial charge in [0.1, 0.15) is 22.7 Å². The van der Waals surface area contributed by atoms with Crippen LogP contribution in [-0.4, -0.2) is 56.1 Å². The normalized spacial score (nSPS) is 20.7. The van der Waals surface area contributed by atoms with Gasteiger partial charge < -0.3 is 19.7 Å². The molecule has 0 radical (unpaired) electrons. The molecule has 0 fully saturated rings. The lowest BCUT2D eigenvalue weighted by Crippen LogP contribution is -2.35. The van der Waals surface area contributed by atoms with Crippen LogP contribution in [0.5, 0.6) is 11.5 Å². The minimum absolute atomic E-state index is 0.161. The van der Waals surface area contributed by atoms with E-state index in [-0.39, 0.29) is 50.3 Å². The van der Waals surface area contributed by atoms with Crippen molar-refractivity contribution in [3.8, 4) is 11.5 Å². The van der Waals surface area contributed by atoms with Crippen LogP contribution in [0, 0.1) is 0 Å². The molecule has 0 spiro atoms. The molecule has 274 valence electrons. The molecule has 2 aliphatic heterocycles. The van der Waals surface area contributed by atoms with E-state index in [1.54, 1.807) is 38.2 Å². The van der Waals surface area contributed by atoms with Crippen LogP contribution in [0.3, 0.4) is 0 Å². The second-order valence-corrected chi connectivity index (χ2v) is 15.1. The van der Waals surface area contributed by atoms with Gasteiger partial charge in [-0.15, -0.1) is 0 Å². The van der Waals surface area contributed by atoms with Crippen LogP contribution in [0.1, 0.15) is 121 Å². The summed E-state index contributed by atoms with van der Waals surface area (Å²) < 4.78 is 12.3. The molecule has 1 atom stereocenters. The predicted octanol–water partition coefficient (Wildman–Crippen LogP) is 8.24. The number of carbonyl (C=O) groups excluding carboxylic acids is 6. The van der Waals surface area contributed by atoms with Crippen LogP contribution < -0.4 is 9.47 Å². The number of hydrogen-bond donors (Lipinski definition) is 2. The Labute approximate surface area is 315 Å². The number of hydrogen-bond acceptors (Lipinski definition) is 10. The predicted molar refractivity (Wildman–Crippen MR) is 202 cm³/mol. The Kier molecular flexibility index (Phi) is 7.83. The zero-order chi connectivity index (χ0) is 39.3. The standard InChI is InChI=1S/C45H34O10/c1-21(2)9-8-18-45(5)20-17-25-29(55-45)15-13-27-31(25)41(51)43(53)35(39(27)49)33-32(36(46)22-10-6-7-11-23(22)37(33)47)34-38(48)26-12-14-28-24(16-19-44(3,4)54-28)30(26)40(50)42(34)52/h6-7,9-17,19-20,52-53H,8,18H2,1-5H3/t45-/m1/s1. The quantitative estimate of drug-likeness (QED) is 0.244. The van der Waals surface area contributed by atoms with Crippen molar-refractivity contribution in [1.29, 1.82) is 0 Å². The van der Waals surface area contributed by atoms with Crippen LogP contribution in [0.2, 0.25) is 0 Å². The van der Waals surface area contributed by atoms with Crippen LogP contribution in [-0.2, 0) is 0 Å². The topological polar surface area (TPSA) is 161 Å². The third-order valence-corrected chi connectivity index (χ3v) is 10.5. The SMILES string of the molecule is CC(C)=CCC[C@]1(C)C=Cc2c(ccc3c2C(=O)C(O)=C(C2=C(C4=C(O)C(=O)c5c(ccc6c5C=CC(C)(C)O6)C4=O)C(=O)c4ccccc4C2=O)C3=O)O1. The van der Waals surface area contributed by atoms with E-state index in [1.807, 2.05) is 20.8 Å². The van der Waals surface area contributed by atoms with Crippen molar-refractivity contribution in [2.75, 3.05) is 0 Å². The lowest BCUT2D eigenvalue weighted by molar-refractivity contribution is 0.0910. The highest BCUT2D eigenvalue weighted by Gasteiger charge is 2.48. The maximum atomic E-state index is 14.5. The van der Waals surface area contributed by atoms with E-state index in [9.17, 15) is 39.0 Å². The number of ketones is 6. The minimum atomic E-state index is -1.14. The lowest BCUT2D eigenvalue weighted by atomic mass is 9.71. The van der Waals surface area contributed by atoms with Crippen LogP contribution >= 0.6 is 0 Å². The Balaban J connectivity index is 1.30. The van der Waals surface area contributed by atoms with Crippen molar-refractivity contribution in [1.82, 2.24) is 0 Å². The summed E-state index contributed by atoms with van der Waals surface area (Å²) >= 11 is 0. The summed E-state index contributed by atoms with van der Waals surface area (Å²) in [7, 11) is 0. The fourth-order valence-corrected chi connectivity index (χ4v) is 7.77. The first-order chi connectivity index (χ1) is 26.0. The second kappa shape index (κ2) is 12.2. The first-order valence-electron chi connectivity index (χ1n) is 17.8. The maximum Gasteiger partial charge on any atom is 0.229 e. The molecule has 2 heterocycles. The molecule has 3 aromatic carbocycles. The van der Waals surface area contributed by atoms with E-state index in [0.29, 0.717) is 12.2 Å². The zero-order valence-corrected chi connectivity index (χ0v) is 30.6. The van der Waals surface area contributed by atoms with Gasteiger partial charge in [-0.2, -0.15) is 0 Å². The summed E-state index contributed by atoms with van der Waals surface area (Å²) in [6.07, 6.45) is 10.2. The average molecular weight is 735 g/mol. The van der Waals surface area contributed by atoms with Crippen molar-refractivity contribution in [2.24, 2.45) is 0 Å². The summed E-state index contributed by atoms with van der Waals surface area (Å²) in [5.41, 5.74) is -4.04. The van der Waals surface area contributed by atoms with Crippen LogP contribution in [0.25, 0.3) is 12.2 Å². The van der Waals surface area contributed by atoms with Crippen molar-refractivity contribution in [3.63, 3.8) is 0 Å². The molecular formula is C45H34O10. The molecule has 0 aromatic heterocycles. The number of allylic oxidation sites excluding steroid dienone is 8. The van der Waals surface area contributed by atoms with Gasteiger partial charge in [0.05, 0.1) is 11.1 Å². The summed E-state index contributed by atoms with van der Waals surface area (Å²) in [4.78, 5) is 86.1. The summed E-state index contributed by atoms with van der Waals surface area (Å²) in [5, 5.41) is 23.2. The molecule has 55 heavy (non-hydrogen) atoms. The summed E-state index contributed by atoms with van der Waals surface area (Å²) in [6.45, 7) is 9.49. The number of Topliss-reactive ketones (excluding diaryl/α,β-unsaturated/α-hetero) is 6. The highest BCUT2D eigenvalue weighted by molar-refractivity contribution is 6.41. The van der Waals surface area contributed by atoms with Crippen molar-refractivity contribution < 1.29 is 48.5 Å². The first-order valence-corrected chi connectivity index (χ1v) is 17.8. The van der Waals surface area contributed by atoms with Crippen molar-refractivity contribution in [2.45, 2.75) is 58.7 Å². The monoisotopic (exact) mass is 734 g/mol. The number of aliphatic hydroxyl groups is 2. The van der Waals surface area contributed by atoms with Gasteiger partial charge in [0.25, 0.3) is 0 Å². The minimum Gasteiger partial charge on any atom is -0.504 e. The van der Waals surface area contributed by atoms with Crippen molar-refractivity contribution in [3.05, 3.63) is 151 Å². The fraction of sp³-hybridized carbons (Fsp3) is 0.200. The molecule has 0 saturated carbocycles. The van der Waals surface area contributed by atoms with E-state index in [2.05, 4.69) is 6.08 Å². The molecular weight excluding hydrogens is 700 g/mol. The number of rotatable bonds is 5. The number of ether oxygens (including phenoxy) is 2. The number of aliphatic hydroxyl groups excluding tert-OH is 2. The van der Waals surface area contributed by atoms with Gasteiger partial charge in [-0.1, -0.05) is 48.1 Å². The third kappa shape index (κ3) is 5.31. The van der Waals surface area contributed by atoms with E-state index in [4.69, 9.17) is 9.47 Å². The van der Waals surface area contributed by atoms with E-state index in [0.717, 1.165) is 12.0 Å². The Morgan fingerprint density at radius 2 is 1.04 bits per heavy atom. The summed E-state index contributed by atoms with van der Waals surface area (Å²) in [6, 6.07) is 11.3. The Hall–Kier alpha value is -6.68. The number of benzene rings is 3. The smallest absolute Gasteiger partial charge is 0.229 e. The number of fused-ring (bicyclic) bond motifs is 7. The molecule has 2 N–H and O–H groups in total. The Morgan fingerprint density at radius 3 is 1.53 bits per heavy atom. The molecule has 3 aromatic rings. The molecule has 3 aliphatic carbocycles. The highest BCUT2D eigenvalue weighted by Crippen LogP contribution is 2.46. The fourth-order valence-electron chi connectivity index (χ4n) is 7.77. The third-order valence-electron chi connectivity index (χ3n) is 10.5. The lowest BCUT2D eigenvalue weighted by Gasteiger charge is -2.33. The zero-order valence-electron chi connectivity index (χ0n) is 30.6. The summed E-state index contributed by atoms with van der Waals surface area (Å²) in [5.74, 6) is -7.65. The van der Waals surface area contributed by atoms with Gasteiger partial charge >= 0.3 is 0 Å². The first kappa shape index (κ1) is 35.4. The maximum absolute atomic E-state index is 14.5. The molecule has 0 unspecified atom stereocenters. The molecule has 0 saturated heterocycles. The Morgan fingerprint density at radius 1 is 0.582 bits per heavy atom. The van der Waals surface area contributed by atoms with Gasteiger partial charge in [0.2, 0.25) is 11.6 Å². The highest BCUT2D eigenvalue weighted by atomic mass is 16.5. The molecule has 0 bridgehead atoms. The number of carbonyl (C=O) groups is 6. The van der Waals surface area contributed by atoms with Gasteiger partial charge in [-0.25, -0.2) is 0 Å². The van der Waals surface area contributed by atoms with Gasteiger partial charge in [-0.05, 0) is 83.9 Å². The average Bonchev–Trinajstić information content (AvgIpc) is 3.14.